The molecular weight excluding hydrogens is 351 g/mol. The standard InChI is InChI=1S/C20H17FN2O4/c1-3-27-20(25)14-5-7-16(8-6-14)23-19(24)15(12-22)10-13-4-9-18(26-2)17(21)11-13/h4-11H,3H2,1-2H3,(H,23,24)/b15-10-. The number of amides is 1. The van der Waals surface area contributed by atoms with Gasteiger partial charge in [0.15, 0.2) is 11.6 Å². The van der Waals surface area contributed by atoms with E-state index in [1.54, 1.807) is 13.0 Å². The van der Waals surface area contributed by atoms with Gasteiger partial charge in [-0.25, -0.2) is 9.18 Å². The lowest BCUT2D eigenvalue weighted by Crippen LogP contribution is -2.13. The molecule has 0 heterocycles. The van der Waals surface area contributed by atoms with Gasteiger partial charge in [0.25, 0.3) is 5.91 Å². The molecular formula is C20H17FN2O4. The quantitative estimate of drug-likeness (QED) is 0.478. The summed E-state index contributed by atoms with van der Waals surface area (Å²) in [6, 6.07) is 11.9. The Morgan fingerprint density at radius 3 is 2.48 bits per heavy atom. The monoisotopic (exact) mass is 368 g/mol. The lowest BCUT2D eigenvalue weighted by atomic mass is 10.1. The van der Waals surface area contributed by atoms with Gasteiger partial charge in [-0.3, -0.25) is 4.79 Å². The number of anilines is 1. The Morgan fingerprint density at radius 1 is 1.22 bits per heavy atom. The van der Waals surface area contributed by atoms with E-state index in [4.69, 9.17) is 9.47 Å². The summed E-state index contributed by atoms with van der Waals surface area (Å²) in [5.41, 5.74) is 0.890. The SMILES string of the molecule is CCOC(=O)c1ccc(NC(=O)/C(C#N)=C\c2ccc(OC)c(F)c2)cc1. The van der Waals surface area contributed by atoms with Crippen molar-refractivity contribution in [2.24, 2.45) is 0 Å². The first kappa shape index (κ1) is 19.7. The Hall–Kier alpha value is -3.66. The zero-order valence-electron chi connectivity index (χ0n) is 14.8. The van der Waals surface area contributed by atoms with E-state index in [0.29, 0.717) is 16.8 Å². The highest BCUT2D eigenvalue weighted by Gasteiger charge is 2.12. The molecule has 0 aliphatic carbocycles. The molecule has 0 bridgehead atoms. The van der Waals surface area contributed by atoms with Crippen LogP contribution in [0.1, 0.15) is 22.8 Å². The second-order valence-electron chi connectivity index (χ2n) is 5.32. The lowest BCUT2D eigenvalue weighted by Gasteiger charge is -2.06. The van der Waals surface area contributed by atoms with E-state index in [1.165, 1.54) is 49.6 Å². The number of benzene rings is 2. The maximum absolute atomic E-state index is 13.7. The number of carbonyl (C=O) groups is 2. The van der Waals surface area contributed by atoms with Gasteiger partial charge in [0, 0.05) is 5.69 Å². The van der Waals surface area contributed by atoms with Crippen molar-refractivity contribution in [3.8, 4) is 11.8 Å². The topological polar surface area (TPSA) is 88.4 Å². The number of carbonyl (C=O) groups excluding carboxylic acids is 2. The summed E-state index contributed by atoms with van der Waals surface area (Å²) in [6.07, 6.45) is 1.27. The highest BCUT2D eigenvalue weighted by atomic mass is 19.1. The summed E-state index contributed by atoms with van der Waals surface area (Å²) in [5, 5.41) is 11.8. The van der Waals surface area contributed by atoms with Gasteiger partial charge >= 0.3 is 5.97 Å². The number of nitriles is 1. The maximum atomic E-state index is 13.7. The van der Waals surface area contributed by atoms with Crippen molar-refractivity contribution in [3.63, 3.8) is 0 Å². The third kappa shape index (κ3) is 5.16. The van der Waals surface area contributed by atoms with Crippen LogP contribution in [0.5, 0.6) is 5.75 Å². The summed E-state index contributed by atoms with van der Waals surface area (Å²) >= 11 is 0. The van der Waals surface area contributed by atoms with Crippen LogP contribution in [0.3, 0.4) is 0 Å². The number of nitrogens with one attached hydrogen (secondary N) is 1. The fourth-order valence-electron chi connectivity index (χ4n) is 2.19. The first-order valence-electron chi connectivity index (χ1n) is 8.02. The Morgan fingerprint density at radius 2 is 1.93 bits per heavy atom. The molecule has 2 rings (SSSR count). The normalized spacial score (nSPS) is 10.7. The van der Waals surface area contributed by atoms with Crippen LogP contribution < -0.4 is 10.1 Å². The second kappa shape index (κ2) is 9.15. The average molecular weight is 368 g/mol. The van der Waals surface area contributed by atoms with Crippen LogP contribution >= 0.6 is 0 Å². The maximum Gasteiger partial charge on any atom is 0.338 e. The molecule has 0 unspecified atom stereocenters. The number of ether oxygens (including phenoxy) is 2. The fourth-order valence-corrected chi connectivity index (χ4v) is 2.19. The van der Waals surface area contributed by atoms with Gasteiger partial charge in [0.05, 0.1) is 19.3 Å². The molecule has 27 heavy (non-hydrogen) atoms. The zero-order valence-corrected chi connectivity index (χ0v) is 14.8. The van der Waals surface area contributed by atoms with E-state index in [9.17, 15) is 19.2 Å². The summed E-state index contributed by atoms with van der Waals surface area (Å²) in [7, 11) is 1.34. The van der Waals surface area contributed by atoms with Gasteiger partial charge in [-0.15, -0.1) is 0 Å². The van der Waals surface area contributed by atoms with Crippen molar-refractivity contribution in [1.82, 2.24) is 0 Å². The Kier molecular flexibility index (Phi) is 6.67. The van der Waals surface area contributed by atoms with Crippen LogP contribution in [0, 0.1) is 17.1 Å². The van der Waals surface area contributed by atoms with Crippen molar-refractivity contribution >= 4 is 23.6 Å². The molecule has 7 heteroatoms. The van der Waals surface area contributed by atoms with E-state index in [-0.39, 0.29) is 17.9 Å². The number of nitrogens with zero attached hydrogens (tertiary/aromatic N) is 1. The molecule has 0 aromatic heterocycles. The van der Waals surface area contributed by atoms with E-state index >= 15 is 0 Å². The average Bonchev–Trinajstić information content (AvgIpc) is 2.67. The van der Waals surface area contributed by atoms with Crippen molar-refractivity contribution in [1.29, 1.82) is 5.26 Å². The predicted octanol–water partition coefficient (Wildman–Crippen LogP) is 3.56. The smallest absolute Gasteiger partial charge is 0.338 e. The summed E-state index contributed by atoms with van der Waals surface area (Å²) < 4.78 is 23.4. The minimum absolute atomic E-state index is 0.0665. The van der Waals surface area contributed by atoms with E-state index in [1.807, 2.05) is 0 Å². The van der Waals surface area contributed by atoms with Gasteiger partial charge < -0.3 is 14.8 Å². The molecule has 0 saturated heterocycles. The van der Waals surface area contributed by atoms with Crippen LogP contribution in [0.2, 0.25) is 0 Å². The zero-order chi connectivity index (χ0) is 19.8. The van der Waals surface area contributed by atoms with E-state index in [2.05, 4.69) is 5.32 Å². The molecule has 0 spiro atoms. The minimum Gasteiger partial charge on any atom is -0.494 e. The van der Waals surface area contributed by atoms with Crippen LogP contribution in [0.4, 0.5) is 10.1 Å². The van der Waals surface area contributed by atoms with Gasteiger partial charge in [-0.2, -0.15) is 5.26 Å². The first-order chi connectivity index (χ1) is 13.0. The van der Waals surface area contributed by atoms with Crippen molar-refractivity contribution in [3.05, 3.63) is 65.0 Å². The summed E-state index contributed by atoms with van der Waals surface area (Å²) in [6.45, 7) is 1.97. The lowest BCUT2D eigenvalue weighted by molar-refractivity contribution is -0.112. The number of methoxy groups -OCH3 is 1. The predicted molar refractivity (Wildman–Crippen MR) is 97.6 cm³/mol. The fraction of sp³-hybridized carbons (Fsp3) is 0.150. The van der Waals surface area contributed by atoms with E-state index in [0.717, 1.165) is 6.07 Å². The number of hydrogen-bond donors (Lipinski definition) is 1. The van der Waals surface area contributed by atoms with Crippen LogP contribution in [0.25, 0.3) is 6.08 Å². The van der Waals surface area contributed by atoms with Gasteiger partial charge in [0.2, 0.25) is 0 Å². The number of esters is 1. The van der Waals surface area contributed by atoms with Crippen LogP contribution in [-0.2, 0) is 9.53 Å². The minimum atomic E-state index is -0.655. The van der Waals surface area contributed by atoms with Gasteiger partial charge in [-0.05, 0) is 55.0 Å². The molecule has 1 N–H and O–H groups in total. The number of rotatable bonds is 6. The molecule has 138 valence electrons. The Balaban J connectivity index is 2.14. The van der Waals surface area contributed by atoms with Crippen LogP contribution in [0.15, 0.2) is 48.0 Å². The number of hydrogen-bond acceptors (Lipinski definition) is 5. The highest BCUT2D eigenvalue weighted by molar-refractivity contribution is 6.09. The molecule has 2 aromatic rings. The van der Waals surface area contributed by atoms with Crippen molar-refractivity contribution in [2.45, 2.75) is 6.92 Å². The summed E-state index contributed by atoms with van der Waals surface area (Å²) in [4.78, 5) is 23.9. The molecule has 0 atom stereocenters. The van der Waals surface area contributed by atoms with Crippen molar-refractivity contribution < 1.29 is 23.5 Å². The van der Waals surface area contributed by atoms with E-state index < -0.39 is 17.7 Å². The largest absolute Gasteiger partial charge is 0.494 e. The molecule has 0 fully saturated rings. The first-order valence-corrected chi connectivity index (χ1v) is 8.02. The molecule has 2 aromatic carbocycles. The molecule has 1 amide bonds. The third-order valence-corrected chi connectivity index (χ3v) is 3.51. The third-order valence-electron chi connectivity index (χ3n) is 3.51. The molecule has 0 radical (unpaired) electrons. The summed E-state index contributed by atoms with van der Waals surface area (Å²) in [5.74, 6) is -1.65. The van der Waals surface area contributed by atoms with Gasteiger partial charge in [0.1, 0.15) is 11.6 Å². The molecule has 0 saturated carbocycles. The second-order valence-corrected chi connectivity index (χ2v) is 5.32. The molecule has 6 nitrogen and oxygen atoms in total. The Bertz CT molecular complexity index is 915. The number of halogens is 1. The molecule has 0 aliphatic heterocycles. The Labute approximate surface area is 155 Å². The van der Waals surface area contributed by atoms with Gasteiger partial charge in [-0.1, -0.05) is 6.07 Å². The molecule has 0 aliphatic rings. The highest BCUT2D eigenvalue weighted by Crippen LogP contribution is 2.20. The van der Waals surface area contributed by atoms with Crippen LogP contribution in [-0.4, -0.2) is 25.6 Å². The van der Waals surface area contributed by atoms with Crippen molar-refractivity contribution in [2.75, 3.05) is 19.0 Å².